The van der Waals surface area contributed by atoms with Gasteiger partial charge in [0.25, 0.3) is 0 Å². The Morgan fingerprint density at radius 1 is 1.00 bits per heavy atom. The van der Waals surface area contributed by atoms with Crippen molar-refractivity contribution >= 4 is 17.7 Å². The van der Waals surface area contributed by atoms with E-state index in [0.29, 0.717) is 12.5 Å². The van der Waals surface area contributed by atoms with Crippen molar-refractivity contribution in [1.82, 2.24) is 16.0 Å². The lowest BCUT2D eigenvalue weighted by Crippen LogP contribution is -2.42. The predicted octanol–water partition coefficient (Wildman–Crippen LogP) is 0.191. The van der Waals surface area contributed by atoms with E-state index in [-0.39, 0.29) is 36.7 Å². The molecule has 1 aromatic rings. The minimum atomic E-state index is -0.364. The molecule has 1 aromatic carbocycles. The highest BCUT2D eigenvalue weighted by Crippen LogP contribution is 2.37. The van der Waals surface area contributed by atoms with Crippen LogP contribution in [-0.2, 0) is 20.9 Å². The third kappa shape index (κ3) is 5.20. The van der Waals surface area contributed by atoms with Crippen LogP contribution in [0.3, 0.4) is 0 Å². The van der Waals surface area contributed by atoms with E-state index in [4.69, 9.17) is 0 Å². The van der Waals surface area contributed by atoms with Crippen molar-refractivity contribution in [3.05, 3.63) is 35.9 Å². The maximum Gasteiger partial charge on any atom is 0.239 e. The minimum absolute atomic E-state index is 0.0435. The first kappa shape index (κ1) is 16.0. The molecular formula is C16H21N3O3. The van der Waals surface area contributed by atoms with Gasteiger partial charge in [-0.25, -0.2) is 0 Å². The summed E-state index contributed by atoms with van der Waals surface area (Å²) in [7, 11) is 0. The number of carbonyl (C=O) groups excluding carboxylic acids is 3. The van der Waals surface area contributed by atoms with Gasteiger partial charge >= 0.3 is 0 Å². The van der Waals surface area contributed by atoms with Gasteiger partial charge in [-0.1, -0.05) is 37.3 Å². The van der Waals surface area contributed by atoms with E-state index >= 15 is 0 Å². The fourth-order valence-electron chi connectivity index (χ4n) is 2.09. The van der Waals surface area contributed by atoms with Gasteiger partial charge in [0.15, 0.2) is 0 Å². The molecule has 6 nitrogen and oxygen atoms in total. The zero-order chi connectivity index (χ0) is 15.9. The first-order chi connectivity index (χ1) is 10.6. The molecule has 0 unspecified atom stereocenters. The molecule has 118 valence electrons. The summed E-state index contributed by atoms with van der Waals surface area (Å²) in [4.78, 5) is 34.7. The smallest absolute Gasteiger partial charge is 0.239 e. The van der Waals surface area contributed by atoms with Gasteiger partial charge in [0.05, 0.1) is 13.1 Å². The number of rotatable bonds is 7. The highest BCUT2D eigenvalue weighted by molar-refractivity contribution is 5.89. The SMILES string of the molecule is C[C@@H]1C[C@@H]1C(=O)NCC(=O)NCC(=O)NCc1ccccc1. The van der Waals surface area contributed by atoms with Crippen LogP contribution in [0, 0.1) is 11.8 Å². The summed E-state index contributed by atoms with van der Waals surface area (Å²) < 4.78 is 0. The average molecular weight is 303 g/mol. The van der Waals surface area contributed by atoms with E-state index in [1.807, 2.05) is 37.3 Å². The highest BCUT2D eigenvalue weighted by Gasteiger charge is 2.38. The van der Waals surface area contributed by atoms with Gasteiger partial charge < -0.3 is 16.0 Å². The van der Waals surface area contributed by atoms with Gasteiger partial charge in [0.1, 0.15) is 0 Å². The third-order valence-corrected chi connectivity index (χ3v) is 3.65. The van der Waals surface area contributed by atoms with Crippen molar-refractivity contribution in [2.24, 2.45) is 11.8 Å². The normalized spacial score (nSPS) is 19.1. The van der Waals surface area contributed by atoms with Gasteiger partial charge in [-0.2, -0.15) is 0 Å². The molecule has 0 aliphatic heterocycles. The van der Waals surface area contributed by atoms with Crippen LogP contribution < -0.4 is 16.0 Å². The molecule has 3 N–H and O–H groups in total. The van der Waals surface area contributed by atoms with Gasteiger partial charge in [-0.15, -0.1) is 0 Å². The summed E-state index contributed by atoms with van der Waals surface area (Å²) in [6.07, 6.45) is 0.884. The molecule has 22 heavy (non-hydrogen) atoms. The van der Waals surface area contributed by atoms with E-state index in [9.17, 15) is 14.4 Å². The van der Waals surface area contributed by atoms with E-state index in [1.54, 1.807) is 0 Å². The van der Waals surface area contributed by atoms with Crippen LogP contribution in [0.25, 0.3) is 0 Å². The summed E-state index contributed by atoms with van der Waals surface area (Å²) in [5.74, 6) is -0.263. The Morgan fingerprint density at radius 3 is 2.23 bits per heavy atom. The molecule has 6 heteroatoms. The standard InChI is InChI=1S/C16H21N3O3/c1-11-7-13(11)16(22)19-10-15(21)18-9-14(20)17-8-12-5-3-2-4-6-12/h2-6,11,13H,7-10H2,1H3,(H,17,20)(H,18,21)(H,19,22)/t11-,13+/m1/s1. The summed E-state index contributed by atoms with van der Waals surface area (Å²) in [5, 5.41) is 7.76. The van der Waals surface area contributed by atoms with Crippen LogP contribution in [0.5, 0.6) is 0 Å². The number of hydrogen-bond acceptors (Lipinski definition) is 3. The molecular weight excluding hydrogens is 282 g/mol. The second-order valence-corrected chi connectivity index (χ2v) is 5.58. The highest BCUT2D eigenvalue weighted by atomic mass is 16.2. The Balaban J connectivity index is 1.57. The Kier molecular flexibility index (Phi) is 5.52. The number of hydrogen-bond donors (Lipinski definition) is 3. The maximum atomic E-state index is 11.6. The van der Waals surface area contributed by atoms with E-state index in [0.717, 1.165) is 12.0 Å². The number of amides is 3. The number of carbonyl (C=O) groups is 3. The lowest BCUT2D eigenvalue weighted by atomic mass is 10.2. The molecule has 0 bridgehead atoms. The number of nitrogens with one attached hydrogen (secondary N) is 3. The second kappa shape index (κ2) is 7.59. The zero-order valence-corrected chi connectivity index (χ0v) is 12.6. The fourth-order valence-corrected chi connectivity index (χ4v) is 2.09. The molecule has 0 saturated heterocycles. The van der Waals surface area contributed by atoms with Crippen LogP contribution in [0.2, 0.25) is 0 Å². The molecule has 3 amide bonds. The van der Waals surface area contributed by atoms with Crippen LogP contribution in [0.4, 0.5) is 0 Å². The van der Waals surface area contributed by atoms with Gasteiger partial charge in [0.2, 0.25) is 17.7 Å². The van der Waals surface area contributed by atoms with Crippen LogP contribution in [-0.4, -0.2) is 30.8 Å². The van der Waals surface area contributed by atoms with E-state index in [1.165, 1.54) is 0 Å². The first-order valence-corrected chi connectivity index (χ1v) is 7.41. The molecule has 2 rings (SSSR count). The monoisotopic (exact) mass is 303 g/mol. The zero-order valence-electron chi connectivity index (χ0n) is 12.6. The Hall–Kier alpha value is -2.37. The molecule has 0 spiro atoms. The summed E-state index contributed by atoms with van der Waals surface area (Å²) in [6.45, 7) is 2.24. The Labute approximate surface area is 129 Å². The quantitative estimate of drug-likeness (QED) is 0.672. The summed E-state index contributed by atoms with van der Waals surface area (Å²) in [5.41, 5.74) is 0.994. The molecule has 1 fully saturated rings. The van der Waals surface area contributed by atoms with Crippen LogP contribution in [0.1, 0.15) is 18.9 Å². The molecule has 0 radical (unpaired) electrons. The van der Waals surface area contributed by atoms with Crippen molar-refractivity contribution in [1.29, 1.82) is 0 Å². The Bertz CT molecular complexity index is 545. The van der Waals surface area contributed by atoms with Crippen molar-refractivity contribution in [2.75, 3.05) is 13.1 Å². The molecule has 1 aliphatic carbocycles. The average Bonchev–Trinajstić information content (AvgIpc) is 3.26. The third-order valence-electron chi connectivity index (χ3n) is 3.65. The minimum Gasteiger partial charge on any atom is -0.350 e. The van der Waals surface area contributed by atoms with Gasteiger partial charge in [0, 0.05) is 12.5 Å². The molecule has 1 saturated carbocycles. The van der Waals surface area contributed by atoms with E-state index in [2.05, 4.69) is 16.0 Å². The van der Waals surface area contributed by atoms with Crippen molar-refractivity contribution in [2.45, 2.75) is 19.9 Å². The second-order valence-electron chi connectivity index (χ2n) is 5.58. The molecule has 2 atom stereocenters. The number of benzene rings is 1. The predicted molar refractivity (Wildman–Crippen MR) is 81.6 cm³/mol. The molecule has 1 aliphatic rings. The van der Waals surface area contributed by atoms with Crippen LogP contribution >= 0.6 is 0 Å². The lowest BCUT2D eigenvalue weighted by Gasteiger charge is -2.08. The topological polar surface area (TPSA) is 87.3 Å². The summed E-state index contributed by atoms with van der Waals surface area (Å²) >= 11 is 0. The molecule has 0 heterocycles. The van der Waals surface area contributed by atoms with Crippen LogP contribution in [0.15, 0.2) is 30.3 Å². The lowest BCUT2D eigenvalue weighted by molar-refractivity contribution is -0.128. The van der Waals surface area contributed by atoms with Gasteiger partial charge in [-0.3, -0.25) is 14.4 Å². The van der Waals surface area contributed by atoms with Gasteiger partial charge in [-0.05, 0) is 17.9 Å². The largest absolute Gasteiger partial charge is 0.350 e. The maximum absolute atomic E-state index is 11.6. The van der Waals surface area contributed by atoms with Crippen molar-refractivity contribution in [3.8, 4) is 0 Å². The fraction of sp³-hybridized carbons (Fsp3) is 0.438. The first-order valence-electron chi connectivity index (χ1n) is 7.41. The molecule has 0 aromatic heterocycles. The van der Waals surface area contributed by atoms with E-state index < -0.39 is 0 Å². The summed E-state index contributed by atoms with van der Waals surface area (Å²) in [6, 6.07) is 9.52. The Morgan fingerprint density at radius 2 is 1.59 bits per heavy atom. The van der Waals surface area contributed by atoms with Crippen molar-refractivity contribution < 1.29 is 14.4 Å². The van der Waals surface area contributed by atoms with Crippen molar-refractivity contribution in [3.63, 3.8) is 0 Å².